The summed E-state index contributed by atoms with van der Waals surface area (Å²) in [6, 6.07) is 3.45. The zero-order valence-corrected chi connectivity index (χ0v) is 12.2. The molecule has 0 spiro atoms. The molecule has 0 aromatic carbocycles. The van der Waals surface area contributed by atoms with Crippen LogP contribution >= 0.6 is 0 Å². The minimum Gasteiger partial charge on any atom is -0.480 e. The quantitative estimate of drug-likeness (QED) is 0.741. The Kier molecular flexibility index (Phi) is 4.40. The molecule has 1 amide bonds. The lowest BCUT2D eigenvalue weighted by molar-refractivity contribution is -0.742. The average Bonchev–Trinajstić information content (AvgIpc) is 2.48. The van der Waals surface area contributed by atoms with Gasteiger partial charge in [-0.15, -0.1) is 0 Å². The number of aliphatic carboxylic acids is 1. The first-order chi connectivity index (χ1) is 10.4. The van der Waals surface area contributed by atoms with Gasteiger partial charge in [-0.3, -0.25) is 4.79 Å². The summed E-state index contributed by atoms with van der Waals surface area (Å²) in [5.41, 5.74) is -0.599. The van der Waals surface area contributed by atoms with Gasteiger partial charge in [0.15, 0.2) is 12.0 Å². The monoisotopic (exact) mass is 302 g/mol. The molecule has 0 aliphatic carbocycles. The van der Waals surface area contributed by atoms with E-state index in [1.807, 2.05) is 0 Å². The molecule has 2 aromatic rings. The third kappa shape index (κ3) is 3.81. The summed E-state index contributed by atoms with van der Waals surface area (Å²) in [5.74, 6) is -0.998. The maximum absolute atomic E-state index is 11.8. The van der Waals surface area contributed by atoms with Crippen molar-refractivity contribution >= 4 is 11.9 Å². The first-order valence-electron chi connectivity index (χ1n) is 6.56. The Morgan fingerprint density at radius 2 is 2.00 bits per heavy atom. The zero-order chi connectivity index (χ0) is 16.2. The molecule has 8 heteroatoms. The van der Waals surface area contributed by atoms with Gasteiger partial charge in [-0.25, -0.2) is 14.8 Å². The predicted octanol–water partition coefficient (Wildman–Crippen LogP) is -0.195. The third-order valence-electron chi connectivity index (χ3n) is 2.89. The second-order valence-electron chi connectivity index (χ2n) is 5.16. The highest BCUT2D eigenvalue weighted by Crippen LogP contribution is 2.09. The van der Waals surface area contributed by atoms with E-state index in [1.54, 1.807) is 36.9 Å². The first-order valence-corrected chi connectivity index (χ1v) is 6.56. The van der Waals surface area contributed by atoms with Gasteiger partial charge in [0.2, 0.25) is 0 Å². The van der Waals surface area contributed by atoms with Gasteiger partial charge < -0.3 is 10.4 Å². The van der Waals surface area contributed by atoms with E-state index in [-0.39, 0.29) is 6.54 Å². The van der Waals surface area contributed by atoms with Crippen LogP contribution in [0, 0.1) is 0 Å². The van der Waals surface area contributed by atoms with E-state index >= 15 is 0 Å². The third-order valence-corrected chi connectivity index (χ3v) is 2.89. The maximum atomic E-state index is 11.8. The molecule has 22 heavy (non-hydrogen) atoms. The topological polar surface area (TPSA) is 109 Å². The number of rotatable bonds is 5. The number of carbonyl (C=O) groups is 2. The summed E-state index contributed by atoms with van der Waals surface area (Å²) in [6.45, 7) is 2.76. The van der Waals surface area contributed by atoms with Gasteiger partial charge in [-0.1, -0.05) is 4.68 Å². The van der Waals surface area contributed by atoms with Gasteiger partial charge in [0.25, 0.3) is 12.5 Å². The fourth-order valence-electron chi connectivity index (χ4n) is 1.65. The van der Waals surface area contributed by atoms with Crippen LogP contribution in [0.4, 0.5) is 0 Å². The van der Waals surface area contributed by atoms with Crippen molar-refractivity contribution in [3.05, 3.63) is 36.9 Å². The second-order valence-corrected chi connectivity index (χ2v) is 5.16. The lowest BCUT2D eigenvalue weighted by Gasteiger charge is -2.19. The normalized spacial score (nSPS) is 11.0. The van der Waals surface area contributed by atoms with Crippen LogP contribution in [0.15, 0.2) is 36.9 Å². The van der Waals surface area contributed by atoms with Crippen molar-refractivity contribution in [1.29, 1.82) is 0 Å². The van der Waals surface area contributed by atoms with Gasteiger partial charge >= 0.3 is 5.97 Å². The molecule has 0 unspecified atom stereocenters. The summed E-state index contributed by atoms with van der Waals surface area (Å²) in [7, 11) is 0. The lowest BCUT2D eigenvalue weighted by Crippen LogP contribution is -2.54. The van der Waals surface area contributed by atoms with E-state index in [1.165, 1.54) is 18.5 Å². The minimum absolute atomic E-state index is 0.0767. The van der Waals surface area contributed by atoms with Gasteiger partial charge in [-0.2, -0.15) is 0 Å². The summed E-state index contributed by atoms with van der Waals surface area (Å²) < 4.78 is 1.40. The van der Waals surface area contributed by atoms with E-state index in [9.17, 15) is 9.59 Å². The van der Waals surface area contributed by atoms with Gasteiger partial charge in [-0.05, 0) is 25.0 Å². The second kappa shape index (κ2) is 6.25. The first kappa shape index (κ1) is 15.5. The molecule has 0 saturated heterocycles. The Morgan fingerprint density at radius 3 is 2.55 bits per heavy atom. The molecule has 0 saturated carbocycles. The molecular weight excluding hydrogens is 286 g/mol. The van der Waals surface area contributed by atoms with E-state index in [0.29, 0.717) is 5.82 Å². The minimum atomic E-state index is -1.32. The van der Waals surface area contributed by atoms with Crippen molar-refractivity contribution < 1.29 is 19.4 Å². The van der Waals surface area contributed by atoms with Gasteiger partial charge in [0, 0.05) is 24.0 Å². The zero-order valence-electron chi connectivity index (χ0n) is 12.2. The van der Waals surface area contributed by atoms with E-state index in [2.05, 4.69) is 20.4 Å². The molecule has 2 N–H and O–H groups in total. The molecular formula is C14H16N5O3+. The molecule has 0 radical (unpaired) electrons. The predicted molar refractivity (Wildman–Crippen MR) is 75.3 cm³/mol. The SMILES string of the molecule is CC(C)(NC(=O)C[n+]1ccc(-c2ncccn2)cn1)C(=O)O. The van der Waals surface area contributed by atoms with Crippen LogP contribution < -0.4 is 10.00 Å². The Hall–Kier alpha value is -2.90. The van der Waals surface area contributed by atoms with Crippen molar-refractivity contribution in [3.63, 3.8) is 0 Å². The lowest BCUT2D eigenvalue weighted by atomic mass is 10.1. The van der Waals surface area contributed by atoms with Crippen LogP contribution in [0.3, 0.4) is 0 Å². The highest BCUT2D eigenvalue weighted by molar-refractivity contribution is 5.85. The number of nitrogens with zero attached hydrogens (tertiary/aromatic N) is 4. The maximum Gasteiger partial charge on any atom is 0.328 e. The Balaban J connectivity index is 2.03. The fraction of sp³-hybridized carbons (Fsp3) is 0.286. The molecule has 114 valence electrons. The fourth-order valence-corrected chi connectivity index (χ4v) is 1.65. The van der Waals surface area contributed by atoms with Crippen molar-refractivity contribution in [2.24, 2.45) is 0 Å². The van der Waals surface area contributed by atoms with Gasteiger partial charge in [0.1, 0.15) is 11.7 Å². The van der Waals surface area contributed by atoms with E-state index in [4.69, 9.17) is 5.11 Å². The van der Waals surface area contributed by atoms with Crippen molar-refractivity contribution in [2.75, 3.05) is 0 Å². The Bertz CT molecular complexity index is 671. The molecule has 0 fully saturated rings. The van der Waals surface area contributed by atoms with Crippen LogP contribution in [-0.4, -0.2) is 37.6 Å². The van der Waals surface area contributed by atoms with Gasteiger partial charge in [0.05, 0.1) is 0 Å². The van der Waals surface area contributed by atoms with Crippen molar-refractivity contribution in [3.8, 4) is 11.4 Å². The number of hydrogen-bond donors (Lipinski definition) is 2. The largest absolute Gasteiger partial charge is 0.480 e. The summed E-state index contributed by atoms with van der Waals surface area (Å²) in [4.78, 5) is 31.0. The Morgan fingerprint density at radius 1 is 1.32 bits per heavy atom. The van der Waals surface area contributed by atoms with Crippen LogP contribution in [0.5, 0.6) is 0 Å². The number of carboxylic acid groups (broad SMARTS) is 1. The van der Waals surface area contributed by atoms with Crippen LogP contribution in [0.2, 0.25) is 0 Å². The number of carboxylic acids is 1. The molecule has 0 aliphatic rings. The molecule has 2 rings (SSSR count). The van der Waals surface area contributed by atoms with E-state index < -0.39 is 17.4 Å². The number of nitrogens with one attached hydrogen (secondary N) is 1. The molecule has 8 nitrogen and oxygen atoms in total. The standard InChI is InChI=1S/C14H15N5O3/c1-14(2,13(21)22)18-11(20)9-19-7-4-10(8-17-19)12-15-5-3-6-16-12/h3-8H,9H2,1-2H3,(H-,18,20,21,22)/p+1. The number of aromatic nitrogens is 4. The number of carbonyl (C=O) groups excluding carboxylic acids is 1. The molecule has 2 aromatic heterocycles. The molecule has 0 bridgehead atoms. The van der Waals surface area contributed by atoms with Crippen LogP contribution in [0.25, 0.3) is 11.4 Å². The number of hydrogen-bond acceptors (Lipinski definition) is 5. The van der Waals surface area contributed by atoms with Crippen molar-refractivity contribution in [2.45, 2.75) is 25.9 Å². The summed E-state index contributed by atoms with van der Waals surface area (Å²) in [5, 5.41) is 15.5. The summed E-state index contributed by atoms with van der Waals surface area (Å²) >= 11 is 0. The van der Waals surface area contributed by atoms with E-state index in [0.717, 1.165) is 5.56 Å². The van der Waals surface area contributed by atoms with Crippen LogP contribution in [0.1, 0.15) is 13.8 Å². The van der Waals surface area contributed by atoms with Crippen molar-refractivity contribution in [1.82, 2.24) is 20.4 Å². The molecule has 0 atom stereocenters. The number of amides is 1. The summed E-state index contributed by atoms with van der Waals surface area (Å²) in [6.07, 6.45) is 6.42. The Labute approximate surface area is 126 Å². The average molecular weight is 302 g/mol. The smallest absolute Gasteiger partial charge is 0.328 e. The molecule has 0 aliphatic heterocycles. The molecule has 2 heterocycles. The van der Waals surface area contributed by atoms with Crippen LogP contribution in [-0.2, 0) is 16.1 Å². The highest BCUT2D eigenvalue weighted by atomic mass is 16.4. The highest BCUT2D eigenvalue weighted by Gasteiger charge is 2.30.